The Morgan fingerprint density at radius 1 is 1.25 bits per heavy atom. The summed E-state index contributed by atoms with van der Waals surface area (Å²) in [6, 6.07) is 3.13. The number of nitrogen functional groups attached to an aromatic ring is 1. The molecule has 6 heteroatoms. The molecule has 0 heterocycles. The van der Waals surface area contributed by atoms with Crippen molar-refractivity contribution in [1.82, 2.24) is 4.72 Å². The lowest BCUT2D eigenvalue weighted by atomic mass is 10.1. The van der Waals surface area contributed by atoms with E-state index in [9.17, 15) is 8.42 Å². The van der Waals surface area contributed by atoms with Crippen LogP contribution in [0.5, 0.6) is 0 Å². The van der Waals surface area contributed by atoms with Crippen LogP contribution in [0.3, 0.4) is 0 Å². The zero-order valence-electron chi connectivity index (χ0n) is 12.4. The van der Waals surface area contributed by atoms with Crippen molar-refractivity contribution in [3.8, 4) is 0 Å². The SMILES string of the molecule is Cc1cc(Br)c(N)cc1S(=O)(=O)NC(C)CCC(C)C. The van der Waals surface area contributed by atoms with Gasteiger partial charge in [0.15, 0.2) is 0 Å². The zero-order valence-corrected chi connectivity index (χ0v) is 14.8. The molecule has 3 N–H and O–H groups in total. The molecule has 0 saturated heterocycles. The van der Waals surface area contributed by atoms with Crippen molar-refractivity contribution >= 4 is 31.6 Å². The van der Waals surface area contributed by atoms with Crippen LogP contribution >= 0.6 is 15.9 Å². The van der Waals surface area contributed by atoms with E-state index in [-0.39, 0.29) is 10.9 Å². The van der Waals surface area contributed by atoms with Crippen molar-refractivity contribution in [2.75, 3.05) is 5.73 Å². The van der Waals surface area contributed by atoms with Gasteiger partial charge in [0.2, 0.25) is 10.0 Å². The van der Waals surface area contributed by atoms with Gasteiger partial charge in [0.05, 0.1) is 4.90 Å². The van der Waals surface area contributed by atoms with Gasteiger partial charge in [-0.05, 0) is 66.2 Å². The molecule has 1 unspecified atom stereocenters. The van der Waals surface area contributed by atoms with Gasteiger partial charge in [-0.15, -0.1) is 0 Å². The maximum absolute atomic E-state index is 12.4. The highest BCUT2D eigenvalue weighted by molar-refractivity contribution is 9.10. The van der Waals surface area contributed by atoms with Crippen molar-refractivity contribution in [1.29, 1.82) is 0 Å². The molecule has 0 spiro atoms. The number of benzene rings is 1. The number of hydrogen-bond acceptors (Lipinski definition) is 3. The Morgan fingerprint density at radius 3 is 2.40 bits per heavy atom. The average molecular weight is 363 g/mol. The maximum atomic E-state index is 12.4. The number of aryl methyl sites for hydroxylation is 1. The Labute approximate surface area is 130 Å². The van der Waals surface area contributed by atoms with Gasteiger partial charge in [0.25, 0.3) is 0 Å². The minimum absolute atomic E-state index is 0.0910. The highest BCUT2D eigenvalue weighted by Gasteiger charge is 2.20. The van der Waals surface area contributed by atoms with Crippen LogP contribution in [0.15, 0.2) is 21.5 Å². The summed E-state index contributed by atoms with van der Waals surface area (Å²) in [4.78, 5) is 0.245. The van der Waals surface area contributed by atoms with Crippen LogP contribution in [-0.2, 0) is 10.0 Å². The van der Waals surface area contributed by atoms with E-state index >= 15 is 0 Å². The smallest absolute Gasteiger partial charge is 0.241 e. The molecule has 1 atom stereocenters. The summed E-state index contributed by atoms with van der Waals surface area (Å²) in [6.07, 6.45) is 1.81. The first kappa shape index (κ1) is 17.5. The van der Waals surface area contributed by atoms with Gasteiger partial charge in [-0.2, -0.15) is 0 Å². The van der Waals surface area contributed by atoms with E-state index < -0.39 is 10.0 Å². The number of hydrogen-bond donors (Lipinski definition) is 2. The number of nitrogens with two attached hydrogens (primary N) is 1. The summed E-state index contributed by atoms with van der Waals surface area (Å²) < 4.78 is 28.2. The van der Waals surface area contributed by atoms with E-state index in [1.807, 2.05) is 6.92 Å². The van der Waals surface area contributed by atoms with Crippen LogP contribution in [0.1, 0.15) is 39.2 Å². The van der Waals surface area contributed by atoms with E-state index in [0.717, 1.165) is 12.8 Å². The molecule has 0 aliphatic heterocycles. The molecular formula is C14H23BrN2O2S. The molecule has 20 heavy (non-hydrogen) atoms. The molecule has 4 nitrogen and oxygen atoms in total. The molecule has 0 aromatic heterocycles. The normalized spacial score (nSPS) is 13.7. The predicted octanol–water partition coefficient (Wildman–Crippen LogP) is 3.44. The standard InChI is InChI=1S/C14H23BrN2O2S/c1-9(2)5-6-11(4)17-20(18,19)14-8-13(16)12(15)7-10(14)3/h7-9,11,17H,5-6,16H2,1-4H3. The fourth-order valence-electron chi connectivity index (χ4n) is 1.93. The van der Waals surface area contributed by atoms with Gasteiger partial charge in [-0.25, -0.2) is 13.1 Å². The second-order valence-electron chi connectivity index (χ2n) is 5.63. The van der Waals surface area contributed by atoms with Crippen LogP contribution in [0.25, 0.3) is 0 Å². The van der Waals surface area contributed by atoms with Gasteiger partial charge in [-0.3, -0.25) is 0 Å². The first-order valence-electron chi connectivity index (χ1n) is 6.71. The quantitative estimate of drug-likeness (QED) is 0.761. The molecule has 0 bridgehead atoms. The van der Waals surface area contributed by atoms with Crippen molar-refractivity contribution < 1.29 is 8.42 Å². The Hall–Kier alpha value is -0.590. The molecule has 0 radical (unpaired) electrons. The number of sulfonamides is 1. The topological polar surface area (TPSA) is 72.2 Å². The fourth-order valence-corrected chi connectivity index (χ4v) is 3.93. The number of halogens is 1. The summed E-state index contributed by atoms with van der Waals surface area (Å²) in [5.74, 6) is 0.562. The van der Waals surface area contributed by atoms with Crippen molar-refractivity contribution in [3.05, 3.63) is 22.2 Å². The van der Waals surface area contributed by atoms with Crippen molar-refractivity contribution in [2.45, 2.75) is 51.5 Å². The Bertz CT molecular complexity index is 571. The summed E-state index contributed by atoms with van der Waals surface area (Å²) >= 11 is 3.30. The average Bonchev–Trinajstić information content (AvgIpc) is 2.30. The Morgan fingerprint density at radius 2 is 1.85 bits per heavy atom. The van der Waals surface area contributed by atoms with Crippen LogP contribution in [-0.4, -0.2) is 14.5 Å². The Kier molecular flexibility index (Phi) is 6.04. The van der Waals surface area contributed by atoms with E-state index in [2.05, 4.69) is 34.5 Å². The second kappa shape index (κ2) is 6.91. The third-order valence-electron chi connectivity index (χ3n) is 3.12. The fraction of sp³-hybridized carbons (Fsp3) is 0.571. The van der Waals surface area contributed by atoms with E-state index in [4.69, 9.17) is 5.73 Å². The molecule has 1 aromatic carbocycles. The summed E-state index contributed by atoms with van der Waals surface area (Å²) in [5, 5.41) is 0. The number of rotatable bonds is 6. The van der Waals surface area contributed by atoms with Gasteiger partial charge in [0, 0.05) is 16.2 Å². The van der Waals surface area contributed by atoms with E-state index in [0.29, 0.717) is 21.6 Å². The third kappa shape index (κ3) is 4.75. The van der Waals surface area contributed by atoms with E-state index in [1.165, 1.54) is 6.07 Å². The van der Waals surface area contributed by atoms with Crippen LogP contribution in [0.2, 0.25) is 0 Å². The van der Waals surface area contributed by atoms with Crippen molar-refractivity contribution in [2.24, 2.45) is 5.92 Å². The minimum atomic E-state index is -3.53. The van der Waals surface area contributed by atoms with Gasteiger partial charge in [0.1, 0.15) is 0 Å². The molecule has 0 amide bonds. The molecule has 1 rings (SSSR count). The van der Waals surface area contributed by atoms with E-state index in [1.54, 1.807) is 13.0 Å². The monoisotopic (exact) mass is 362 g/mol. The van der Waals surface area contributed by atoms with Gasteiger partial charge < -0.3 is 5.73 Å². The minimum Gasteiger partial charge on any atom is -0.398 e. The summed E-state index contributed by atoms with van der Waals surface area (Å²) in [5.41, 5.74) is 6.87. The lowest BCUT2D eigenvalue weighted by Crippen LogP contribution is -2.33. The molecule has 114 valence electrons. The molecule has 0 saturated carbocycles. The lowest BCUT2D eigenvalue weighted by Gasteiger charge is -2.17. The highest BCUT2D eigenvalue weighted by atomic mass is 79.9. The maximum Gasteiger partial charge on any atom is 0.241 e. The van der Waals surface area contributed by atoms with Gasteiger partial charge >= 0.3 is 0 Å². The molecular weight excluding hydrogens is 340 g/mol. The molecule has 0 fully saturated rings. The predicted molar refractivity (Wildman–Crippen MR) is 87.1 cm³/mol. The zero-order chi connectivity index (χ0) is 15.5. The lowest BCUT2D eigenvalue weighted by molar-refractivity contribution is 0.485. The Balaban J connectivity index is 2.92. The number of anilines is 1. The third-order valence-corrected chi connectivity index (χ3v) is 5.54. The first-order chi connectivity index (χ1) is 9.13. The highest BCUT2D eigenvalue weighted by Crippen LogP contribution is 2.26. The van der Waals surface area contributed by atoms with Gasteiger partial charge in [-0.1, -0.05) is 13.8 Å². The van der Waals surface area contributed by atoms with Crippen LogP contribution in [0.4, 0.5) is 5.69 Å². The summed E-state index contributed by atoms with van der Waals surface area (Å²) in [6.45, 7) is 7.90. The molecule has 1 aromatic rings. The van der Waals surface area contributed by atoms with Crippen LogP contribution < -0.4 is 10.5 Å². The molecule has 0 aliphatic rings. The van der Waals surface area contributed by atoms with Crippen LogP contribution in [0, 0.1) is 12.8 Å². The van der Waals surface area contributed by atoms with Crippen molar-refractivity contribution in [3.63, 3.8) is 0 Å². The number of nitrogens with one attached hydrogen (secondary N) is 1. The summed E-state index contributed by atoms with van der Waals surface area (Å²) in [7, 11) is -3.53. The second-order valence-corrected chi connectivity index (χ2v) is 8.17. The largest absolute Gasteiger partial charge is 0.398 e. The molecule has 0 aliphatic carbocycles. The first-order valence-corrected chi connectivity index (χ1v) is 8.99.